The number of aromatic nitrogens is 6. The van der Waals surface area contributed by atoms with Crippen LogP contribution in [0.15, 0.2) is 39.6 Å². The minimum atomic E-state index is -0.635. The second-order valence-electron chi connectivity index (χ2n) is 9.08. The molecule has 6 rings (SSSR count). The summed E-state index contributed by atoms with van der Waals surface area (Å²) in [5.41, 5.74) is 2.62. The quantitative estimate of drug-likeness (QED) is 0.481. The van der Waals surface area contributed by atoms with Gasteiger partial charge in [-0.2, -0.15) is 0 Å². The molecule has 2 saturated carbocycles. The summed E-state index contributed by atoms with van der Waals surface area (Å²) in [6.45, 7) is 2.19. The van der Waals surface area contributed by atoms with Crippen LogP contribution in [0.5, 0.6) is 0 Å². The number of imidazole rings is 1. The first-order chi connectivity index (χ1) is 15.5. The summed E-state index contributed by atoms with van der Waals surface area (Å²) in [4.78, 5) is 28.4. The van der Waals surface area contributed by atoms with Crippen LogP contribution in [-0.2, 0) is 12.5 Å². The minimum Gasteiger partial charge on any atom is -0.365 e. The molecule has 32 heavy (non-hydrogen) atoms. The van der Waals surface area contributed by atoms with Crippen molar-refractivity contribution in [3.63, 3.8) is 0 Å². The summed E-state index contributed by atoms with van der Waals surface area (Å²) in [6.07, 6.45) is 5.81. The second kappa shape index (κ2) is 7.01. The normalized spacial score (nSPS) is 18.4. The molecule has 9 nitrogen and oxygen atoms in total. The minimum absolute atomic E-state index is 0.101. The van der Waals surface area contributed by atoms with Gasteiger partial charge in [0.1, 0.15) is 11.3 Å². The fourth-order valence-corrected chi connectivity index (χ4v) is 4.87. The number of rotatable bonds is 6. The van der Waals surface area contributed by atoms with Gasteiger partial charge in [-0.1, -0.05) is 41.9 Å². The molecule has 2 aliphatic carbocycles. The van der Waals surface area contributed by atoms with E-state index in [1.807, 2.05) is 13.1 Å². The van der Waals surface area contributed by atoms with Gasteiger partial charge < -0.3 is 9.88 Å². The van der Waals surface area contributed by atoms with E-state index in [-0.39, 0.29) is 17.3 Å². The number of H-pyrrole nitrogens is 1. The van der Waals surface area contributed by atoms with Gasteiger partial charge in [0.25, 0.3) is 0 Å². The van der Waals surface area contributed by atoms with Crippen LogP contribution >= 0.6 is 0 Å². The van der Waals surface area contributed by atoms with Crippen LogP contribution in [0.1, 0.15) is 50.4 Å². The molecule has 164 valence electrons. The third-order valence-electron chi connectivity index (χ3n) is 7.11. The predicted molar refractivity (Wildman–Crippen MR) is 119 cm³/mol. The van der Waals surface area contributed by atoms with Gasteiger partial charge in [0.05, 0.1) is 5.41 Å². The Labute approximate surface area is 184 Å². The van der Waals surface area contributed by atoms with Gasteiger partial charge in [0, 0.05) is 13.1 Å². The predicted octanol–water partition coefficient (Wildman–Crippen LogP) is 3.39. The second-order valence-corrected chi connectivity index (χ2v) is 9.08. The van der Waals surface area contributed by atoms with Crippen LogP contribution in [-0.4, -0.2) is 35.7 Å². The number of nitrogens with one attached hydrogen (secondary N) is 2. The van der Waals surface area contributed by atoms with Crippen LogP contribution in [0, 0.1) is 5.92 Å². The lowest BCUT2D eigenvalue weighted by Gasteiger charge is -2.32. The van der Waals surface area contributed by atoms with Crippen molar-refractivity contribution in [1.82, 2.24) is 29.7 Å². The molecule has 1 unspecified atom stereocenters. The van der Waals surface area contributed by atoms with Gasteiger partial charge in [0.15, 0.2) is 11.5 Å². The molecule has 0 radical (unpaired) electrons. The maximum atomic E-state index is 11.5. The van der Waals surface area contributed by atoms with Gasteiger partial charge in [0.2, 0.25) is 11.6 Å². The third-order valence-corrected chi connectivity index (χ3v) is 7.11. The van der Waals surface area contributed by atoms with Crippen molar-refractivity contribution >= 4 is 17.0 Å². The van der Waals surface area contributed by atoms with Crippen molar-refractivity contribution in [1.29, 1.82) is 0 Å². The molecule has 2 aliphatic rings. The Balaban J connectivity index is 1.51. The van der Waals surface area contributed by atoms with Crippen LogP contribution in [0.2, 0.25) is 0 Å². The zero-order valence-electron chi connectivity index (χ0n) is 18.1. The lowest BCUT2D eigenvalue weighted by Crippen LogP contribution is -2.31. The highest BCUT2D eigenvalue weighted by atomic mass is 16.5. The summed E-state index contributed by atoms with van der Waals surface area (Å²) >= 11 is 0. The van der Waals surface area contributed by atoms with Crippen LogP contribution in [0.4, 0.5) is 5.82 Å². The highest BCUT2D eigenvalue weighted by molar-refractivity contribution is 5.86. The van der Waals surface area contributed by atoms with Crippen LogP contribution in [0.3, 0.4) is 0 Å². The van der Waals surface area contributed by atoms with Crippen LogP contribution in [0.25, 0.3) is 22.8 Å². The smallest absolute Gasteiger partial charge is 0.365 e. The van der Waals surface area contributed by atoms with Gasteiger partial charge in [-0.25, -0.2) is 19.7 Å². The highest BCUT2D eigenvalue weighted by Crippen LogP contribution is 2.53. The standard InChI is InChI=1S/C23H25N7O2/c1-13(14-7-6-8-14)24-17-16-18(26-19(25-17)20-28-22(31)32-29-20)27-21(30(16)2)23(11-12-23)15-9-4-3-5-10-15/h3-5,9-10,13-14H,6-8,11-12H2,1-2H3,(H,24,25,26)(H,28,29,31). The molecular weight excluding hydrogens is 406 g/mol. The Hall–Kier alpha value is -3.49. The Morgan fingerprint density at radius 3 is 2.59 bits per heavy atom. The van der Waals surface area contributed by atoms with Crippen molar-refractivity contribution in [3.8, 4) is 11.6 Å². The lowest BCUT2D eigenvalue weighted by atomic mass is 9.80. The molecule has 0 aliphatic heterocycles. The van der Waals surface area contributed by atoms with E-state index in [4.69, 9.17) is 9.97 Å². The largest absolute Gasteiger partial charge is 0.439 e. The number of fused-ring (bicyclic) bond motifs is 1. The Kier molecular flexibility index (Phi) is 4.21. The molecular formula is C23H25N7O2. The number of aromatic amines is 1. The van der Waals surface area contributed by atoms with E-state index >= 15 is 0 Å². The molecule has 0 spiro atoms. The van der Waals surface area contributed by atoms with Crippen molar-refractivity contribution in [2.24, 2.45) is 13.0 Å². The summed E-state index contributed by atoms with van der Waals surface area (Å²) in [7, 11) is 2.04. The molecule has 0 saturated heterocycles. The summed E-state index contributed by atoms with van der Waals surface area (Å²) in [6, 6.07) is 10.8. The topological polar surface area (TPSA) is 115 Å². The van der Waals surface area contributed by atoms with Gasteiger partial charge >= 0.3 is 5.76 Å². The van der Waals surface area contributed by atoms with E-state index in [0.717, 1.165) is 24.2 Å². The fraction of sp³-hybridized carbons (Fsp3) is 0.435. The third kappa shape index (κ3) is 2.95. The highest BCUT2D eigenvalue weighted by Gasteiger charge is 2.49. The summed E-state index contributed by atoms with van der Waals surface area (Å²) < 4.78 is 6.81. The molecule has 0 amide bonds. The Morgan fingerprint density at radius 1 is 1.19 bits per heavy atom. The molecule has 3 heterocycles. The maximum Gasteiger partial charge on any atom is 0.439 e. The molecule has 2 N–H and O–H groups in total. The number of nitrogens with zero attached hydrogens (tertiary/aromatic N) is 5. The van der Waals surface area contributed by atoms with Crippen molar-refractivity contribution in [2.45, 2.75) is 50.5 Å². The Bertz CT molecular complexity index is 1350. The summed E-state index contributed by atoms with van der Waals surface area (Å²) in [5, 5.41) is 7.39. The molecule has 0 bridgehead atoms. The van der Waals surface area contributed by atoms with Crippen LogP contribution < -0.4 is 11.1 Å². The number of anilines is 1. The number of benzene rings is 1. The average Bonchev–Trinajstić information content (AvgIpc) is 3.32. The van der Waals surface area contributed by atoms with E-state index in [1.54, 1.807) is 0 Å². The SMILES string of the molecule is CC(Nc1nc(-c2noc(=O)[nH]2)nc2nc(C3(c4ccccc4)CC3)n(C)c12)C1CCC1. The Morgan fingerprint density at radius 2 is 1.97 bits per heavy atom. The number of hydrogen-bond acceptors (Lipinski definition) is 7. The van der Waals surface area contributed by atoms with E-state index in [9.17, 15) is 4.79 Å². The van der Waals surface area contributed by atoms with E-state index in [2.05, 4.69) is 60.7 Å². The maximum absolute atomic E-state index is 11.5. The molecule has 9 heteroatoms. The fourth-order valence-electron chi connectivity index (χ4n) is 4.87. The number of hydrogen-bond donors (Lipinski definition) is 2. The van der Waals surface area contributed by atoms with Crippen molar-refractivity contribution in [3.05, 3.63) is 52.3 Å². The first kappa shape index (κ1) is 19.2. The molecule has 1 atom stereocenters. The first-order valence-corrected chi connectivity index (χ1v) is 11.2. The molecule has 1 aromatic carbocycles. The van der Waals surface area contributed by atoms with Gasteiger partial charge in [-0.3, -0.25) is 9.51 Å². The molecule has 3 aromatic heterocycles. The zero-order chi connectivity index (χ0) is 21.9. The summed E-state index contributed by atoms with van der Waals surface area (Å²) in [5.74, 6) is 2.18. The van der Waals surface area contributed by atoms with Crippen molar-refractivity contribution < 1.29 is 4.52 Å². The first-order valence-electron chi connectivity index (χ1n) is 11.2. The molecule has 2 fully saturated rings. The zero-order valence-corrected chi connectivity index (χ0v) is 18.1. The van der Waals surface area contributed by atoms with Gasteiger partial charge in [-0.15, -0.1) is 0 Å². The average molecular weight is 432 g/mol. The lowest BCUT2D eigenvalue weighted by molar-refractivity contribution is 0.285. The van der Waals surface area contributed by atoms with E-state index in [1.165, 1.54) is 24.8 Å². The van der Waals surface area contributed by atoms with Crippen molar-refractivity contribution in [2.75, 3.05) is 5.32 Å². The van der Waals surface area contributed by atoms with E-state index < -0.39 is 5.76 Å². The molecule has 4 aromatic rings. The van der Waals surface area contributed by atoms with Gasteiger partial charge in [-0.05, 0) is 44.1 Å². The monoisotopic (exact) mass is 431 g/mol. The number of aryl methyl sites for hydroxylation is 1. The van der Waals surface area contributed by atoms with E-state index in [0.29, 0.717) is 23.2 Å².